The maximum absolute atomic E-state index is 12.9. The molecule has 224 valence electrons. The van der Waals surface area contributed by atoms with Crippen LogP contribution in [0.5, 0.6) is 11.5 Å². The maximum atomic E-state index is 12.9. The highest BCUT2D eigenvalue weighted by molar-refractivity contribution is 6.33. The molecule has 6 rings (SSSR count). The van der Waals surface area contributed by atoms with Gasteiger partial charge in [0.2, 0.25) is 0 Å². The van der Waals surface area contributed by atoms with E-state index in [1.807, 2.05) is 48.5 Å². The van der Waals surface area contributed by atoms with Crippen LogP contribution >= 0.6 is 23.2 Å². The number of halogens is 2. The van der Waals surface area contributed by atoms with E-state index >= 15 is 0 Å². The van der Waals surface area contributed by atoms with Gasteiger partial charge in [-0.1, -0.05) is 35.3 Å². The molecule has 0 atom stereocenters. The lowest BCUT2D eigenvalue weighted by Gasteiger charge is -2.12. The Bertz CT molecular complexity index is 1780. The summed E-state index contributed by atoms with van der Waals surface area (Å²) in [6.45, 7) is 3.56. The number of anilines is 4. The van der Waals surface area contributed by atoms with Gasteiger partial charge in [-0.05, 0) is 98.8 Å². The summed E-state index contributed by atoms with van der Waals surface area (Å²) in [6.07, 6.45) is 3.29. The van der Waals surface area contributed by atoms with Gasteiger partial charge in [-0.3, -0.25) is 9.59 Å². The van der Waals surface area contributed by atoms with Gasteiger partial charge < -0.3 is 15.4 Å². The minimum Gasteiger partial charge on any atom is -0.457 e. The summed E-state index contributed by atoms with van der Waals surface area (Å²) in [5.74, 6) is 0.799. The lowest BCUT2D eigenvalue weighted by atomic mass is 10.2. The van der Waals surface area contributed by atoms with Crippen molar-refractivity contribution in [1.82, 2.24) is 0 Å². The van der Waals surface area contributed by atoms with E-state index in [9.17, 15) is 9.59 Å². The molecule has 2 amide bonds. The van der Waals surface area contributed by atoms with Gasteiger partial charge in [0.1, 0.15) is 11.5 Å². The summed E-state index contributed by atoms with van der Waals surface area (Å²) in [4.78, 5) is 25.9. The van der Waals surface area contributed by atoms with E-state index < -0.39 is 0 Å². The first-order chi connectivity index (χ1) is 21.7. The quantitative estimate of drug-likeness (QED) is 0.190. The molecule has 2 aliphatic heterocycles. The number of hydrogen-bond acceptors (Lipinski definition) is 7. The van der Waals surface area contributed by atoms with E-state index in [4.69, 9.17) is 27.9 Å². The van der Waals surface area contributed by atoms with Gasteiger partial charge >= 0.3 is 0 Å². The normalized spacial score (nSPS) is 16.4. The zero-order chi connectivity index (χ0) is 31.5. The zero-order valence-electron chi connectivity index (χ0n) is 24.2. The van der Waals surface area contributed by atoms with Crippen molar-refractivity contribution in [2.75, 3.05) is 20.7 Å². The average Bonchev–Trinajstić information content (AvgIpc) is 3.49. The van der Waals surface area contributed by atoms with Crippen LogP contribution in [-0.4, -0.2) is 23.2 Å². The van der Waals surface area contributed by atoms with Crippen molar-refractivity contribution in [2.24, 2.45) is 10.2 Å². The summed E-state index contributed by atoms with van der Waals surface area (Å²) in [7, 11) is 0. The number of carbonyl (C=O) groups excluding carboxylic acids is 2. The van der Waals surface area contributed by atoms with Crippen molar-refractivity contribution in [3.05, 3.63) is 131 Å². The monoisotopic (exact) mass is 636 g/mol. The van der Waals surface area contributed by atoms with Crippen LogP contribution in [0.3, 0.4) is 0 Å². The molecule has 2 heterocycles. The van der Waals surface area contributed by atoms with Crippen molar-refractivity contribution in [3.63, 3.8) is 0 Å². The predicted molar refractivity (Wildman–Crippen MR) is 180 cm³/mol. The molecular weight excluding hydrogens is 611 g/mol. The topological polar surface area (TPSA) is 98.6 Å². The Hall–Kier alpha value is -5.38. The van der Waals surface area contributed by atoms with Gasteiger partial charge in [-0.25, -0.2) is 0 Å². The minimum atomic E-state index is -0.242. The second kappa shape index (κ2) is 12.7. The minimum absolute atomic E-state index is 0.242. The fraction of sp³-hybridized carbons (Fsp3) is 0.0588. The Kier molecular flexibility index (Phi) is 8.37. The lowest BCUT2D eigenvalue weighted by Crippen LogP contribution is -2.21. The fourth-order valence-electron chi connectivity index (χ4n) is 4.62. The van der Waals surface area contributed by atoms with Crippen LogP contribution in [0.25, 0.3) is 0 Å². The predicted octanol–water partition coefficient (Wildman–Crippen LogP) is 8.22. The molecule has 2 aliphatic rings. The number of ether oxygens (including phenoxy) is 1. The number of carbonyl (C=O) groups is 2. The van der Waals surface area contributed by atoms with E-state index in [1.165, 1.54) is 10.0 Å². The number of nitrogens with one attached hydrogen (secondary N) is 2. The maximum Gasteiger partial charge on any atom is 0.282 e. The number of benzene rings is 4. The van der Waals surface area contributed by atoms with Gasteiger partial charge in [0.05, 0.1) is 33.9 Å². The first-order valence-electron chi connectivity index (χ1n) is 13.9. The highest BCUT2D eigenvalue weighted by Gasteiger charge is 2.30. The van der Waals surface area contributed by atoms with Crippen molar-refractivity contribution in [3.8, 4) is 11.5 Å². The summed E-state index contributed by atoms with van der Waals surface area (Å²) >= 11 is 12.2. The van der Waals surface area contributed by atoms with Crippen LogP contribution in [0, 0.1) is 0 Å². The summed E-state index contributed by atoms with van der Waals surface area (Å²) in [6, 6.07) is 28.7. The Morgan fingerprint density at radius 3 is 1.40 bits per heavy atom. The van der Waals surface area contributed by atoms with Crippen molar-refractivity contribution in [1.29, 1.82) is 0 Å². The third kappa shape index (κ3) is 6.59. The Morgan fingerprint density at radius 2 is 1.02 bits per heavy atom. The Labute approximate surface area is 269 Å². The summed E-state index contributed by atoms with van der Waals surface area (Å²) in [5.41, 5.74) is 4.87. The SMILES string of the molecule is CC1=NN(c2cccc(Cl)c2)C(=O)/C1=C\Nc1ccc(Oc2ccc(N/C=C3\C(=O)N(c4cccc(Cl)c4)N=C3C)cc2)cc1. The molecule has 0 saturated heterocycles. The first-order valence-corrected chi connectivity index (χ1v) is 14.6. The molecule has 11 heteroatoms. The van der Waals surface area contributed by atoms with Crippen LogP contribution < -0.4 is 25.4 Å². The third-order valence-corrected chi connectivity index (χ3v) is 7.41. The average molecular weight is 638 g/mol. The second-order valence-electron chi connectivity index (χ2n) is 10.1. The molecule has 0 saturated carbocycles. The molecule has 4 aromatic rings. The van der Waals surface area contributed by atoms with Crippen molar-refractivity contribution >= 4 is 69.2 Å². The molecule has 0 bridgehead atoms. The highest BCUT2D eigenvalue weighted by Crippen LogP contribution is 2.29. The Balaban J connectivity index is 1.04. The molecule has 0 unspecified atom stereocenters. The van der Waals surface area contributed by atoms with Gasteiger partial charge in [0.15, 0.2) is 0 Å². The summed E-state index contributed by atoms with van der Waals surface area (Å²) < 4.78 is 5.99. The van der Waals surface area contributed by atoms with Crippen molar-refractivity contribution in [2.45, 2.75) is 13.8 Å². The molecule has 0 fully saturated rings. The standard InChI is InChI=1S/C34H26Cl2N6O3/c1-21-31(33(43)41(39-21)27-7-3-5-23(35)17-27)19-37-25-9-13-29(14-10-25)45-30-15-11-26(12-16-30)38-20-32-22(2)40-42(34(32)44)28-8-4-6-24(36)18-28/h3-20,37-38H,1-2H3/b31-19-,32-20-. The van der Waals surface area contributed by atoms with Gasteiger partial charge in [-0.2, -0.15) is 20.2 Å². The molecule has 0 aliphatic carbocycles. The number of rotatable bonds is 8. The number of hydrogen-bond donors (Lipinski definition) is 2. The lowest BCUT2D eigenvalue weighted by molar-refractivity contribution is -0.115. The Morgan fingerprint density at radius 1 is 0.622 bits per heavy atom. The third-order valence-electron chi connectivity index (χ3n) is 6.94. The van der Waals surface area contributed by atoms with Crippen LogP contribution in [-0.2, 0) is 9.59 Å². The van der Waals surface area contributed by atoms with E-state index in [1.54, 1.807) is 74.8 Å². The van der Waals surface area contributed by atoms with E-state index in [-0.39, 0.29) is 11.8 Å². The van der Waals surface area contributed by atoms with Crippen LogP contribution in [0.1, 0.15) is 13.8 Å². The molecular formula is C34H26Cl2N6O3. The highest BCUT2D eigenvalue weighted by atomic mass is 35.5. The van der Waals surface area contributed by atoms with E-state index in [0.717, 1.165) is 11.4 Å². The van der Waals surface area contributed by atoms with Crippen LogP contribution in [0.4, 0.5) is 22.7 Å². The van der Waals surface area contributed by atoms with Gasteiger partial charge in [0.25, 0.3) is 11.8 Å². The zero-order valence-corrected chi connectivity index (χ0v) is 25.7. The largest absolute Gasteiger partial charge is 0.457 e. The van der Waals surface area contributed by atoms with Crippen LogP contribution in [0.2, 0.25) is 10.0 Å². The van der Waals surface area contributed by atoms with E-state index in [0.29, 0.717) is 55.5 Å². The van der Waals surface area contributed by atoms with E-state index in [2.05, 4.69) is 20.8 Å². The number of amides is 2. The molecule has 4 aromatic carbocycles. The molecule has 0 aromatic heterocycles. The molecule has 45 heavy (non-hydrogen) atoms. The summed E-state index contributed by atoms with van der Waals surface area (Å²) in [5, 5.41) is 18.8. The van der Waals surface area contributed by atoms with Gasteiger partial charge in [0, 0.05) is 33.8 Å². The second-order valence-corrected chi connectivity index (χ2v) is 11.0. The fourth-order valence-corrected chi connectivity index (χ4v) is 4.99. The molecule has 2 N–H and O–H groups in total. The van der Waals surface area contributed by atoms with Crippen molar-refractivity contribution < 1.29 is 14.3 Å². The molecule has 9 nitrogen and oxygen atoms in total. The number of nitrogens with zero attached hydrogens (tertiary/aromatic N) is 4. The smallest absolute Gasteiger partial charge is 0.282 e. The van der Waals surface area contributed by atoms with Crippen LogP contribution in [0.15, 0.2) is 131 Å². The first kappa shape index (κ1) is 29.7. The molecule has 0 radical (unpaired) electrons. The number of hydrazone groups is 2. The van der Waals surface area contributed by atoms with Gasteiger partial charge in [-0.15, -0.1) is 0 Å². The molecule has 0 spiro atoms.